The number of hydrogen-bond acceptors (Lipinski definition) is 5. The number of nitrogens with one attached hydrogen (secondary N) is 2. The molecule has 28 heavy (non-hydrogen) atoms. The minimum absolute atomic E-state index is 0.174. The summed E-state index contributed by atoms with van der Waals surface area (Å²) in [5.41, 5.74) is 0.778. The monoisotopic (exact) mass is 386 g/mol. The maximum atomic E-state index is 12.0. The standard InChI is InChI=1S/C20H22N2O6/c1-3-27-16-8-10-17(11-9-16)28-12-18(23)22-15-6-4-14(5-7-15)19(24)21-13(2)20(25)26/h4-11,13H,3,12H2,1-2H3,(H,21,24)(H,22,23)(H,25,26). The van der Waals surface area contributed by atoms with Crippen molar-refractivity contribution in [1.82, 2.24) is 5.32 Å². The zero-order chi connectivity index (χ0) is 20.5. The molecule has 0 aliphatic carbocycles. The van der Waals surface area contributed by atoms with Crippen LogP contribution in [0.25, 0.3) is 0 Å². The van der Waals surface area contributed by atoms with Gasteiger partial charge in [0, 0.05) is 11.3 Å². The van der Waals surface area contributed by atoms with E-state index in [1.807, 2.05) is 6.92 Å². The van der Waals surface area contributed by atoms with Crippen LogP contribution in [0.5, 0.6) is 11.5 Å². The molecule has 148 valence electrons. The second-order valence-electron chi connectivity index (χ2n) is 5.85. The number of carbonyl (C=O) groups is 3. The lowest BCUT2D eigenvalue weighted by atomic mass is 10.2. The van der Waals surface area contributed by atoms with E-state index >= 15 is 0 Å². The van der Waals surface area contributed by atoms with Crippen LogP contribution in [0.15, 0.2) is 48.5 Å². The Morgan fingerprint density at radius 2 is 1.54 bits per heavy atom. The molecule has 0 bridgehead atoms. The van der Waals surface area contributed by atoms with Gasteiger partial charge in [-0.2, -0.15) is 0 Å². The molecule has 2 aromatic carbocycles. The van der Waals surface area contributed by atoms with E-state index in [2.05, 4.69) is 10.6 Å². The third kappa shape index (κ3) is 6.31. The van der Waals surface area contributed by atoms with E-state index in [1.54, 1.807) is 36.4 Å². The van der Waals surface area contributed by atoms with Gasteiger partial charge in [0.2, 0.25) is 0 Å². The molecule has 0 aliphatic rings. The van der Waals surface area contributed by atoms with Crippen LogP contribution in [-0.2, 0) is 9.59 Å². The molecule has 8 nitrogen and oxygen atoms in total. The summed E-state index contributed by atoms with van der Waals surface area (Å²) in [7, 11) is 0. The van der Waals surface area contributed by atoms with Crippen molar-refractivity contribution in [2.75, 3.05) is 18.5 Å². The summed E-state index contributed by atoms with van der Waals surface area (Å²) in [4.78, 5) is 34.7. The lowest BCUT2D eigenvalue weighted by molar-refractivity contribution is -0.138. The molecule has 0 heterocycles. The maximum Gasteiger partial charge on any atom is 0.325 e. The fourth-order valence-corrected chi connectivity index (χ4v) is 2.19. The molecule has 3 N–H and O–H groups in total. The summed E-state index contributed by atoms with van der Waals surface area (Å²) < 4.78 is 10.7. The lowest BCUT2D eigenvalue weighted by Gasteiger charge is -2.10. The zero-order valence-corrected chi connectivity index (χ0v) is 15.6. The van der Waals surface area contributed by atoms with E-state index in [4.69, 9.17) is 14.6 Å². The Balaban J connectivity index is 1.83. The molecule has 2 rings (SSSR count). The van der Waals surface area contributed by atoms with Gasteiger partial charge in [-0.1, -0.05) is 0 Å². The van der Waals surface area contributed by atoms with Crippen molar-refractivity contribution in [3.8, 4) is 11.5 Å². The first-order valence-electron chi connectivity index (χ1n) is 8.68. The Hall–Kier alpha value is -3.55. The quantitative estimate of drug-likeness (QED) is 0.609. The Morgan fingerprint density at radius 1 is 0.964 bits per heavy atom. The van der Waals surface area contributed by atoms with Crippen LogP contribution in [0.4, 0.5) is 5.69 Å². The average Bonchev–Trinajstić information content (AvgIpc) is 2.68. The summed E-state index contributed by atoms with van der Waals surface area (Å²) in [6.45, 7) is 3.66. The predicted octanol–water partition coefficient (Wildman–Crippen LogP) is 2.31. The first-order valence-corrected chi connectivity index (χ1v) is 8.68. The van der Waals surface area contributed by atoms with E-state index in [9.17, 15) is 14.4 Å². The number of carboxylic acids is 1. The van der Waals surface area contributed by atoms with Gasteiger partial charge in [-0.3, -0.25) is 14.4 Å². The zero-order valence-electron chi connectivity index (χ0n) is 15.6. The van der Waals surface area contributed by atoms with Crippen LogP contribution in [0.2, 0.25) is 0 Å². The summed E-state index contributed by atoms with van der Waals surface area (Å²) >= 11 is 0. The first kappa shape index (κ1) is 20.8. The molecular weight excluding hydrogens is 364 g/mol. The number of hydrogen-bond donors (Lipinski definition) is 3. The van der Waals surface area contributed by atoms with Crippen LogP contribution >= 0.6 is 0 Å². The molecule has 1 unspecified atom stereocenters. The highest BCUT2D eigenvalue weighted by Crippen LogP contribution is 2.17. The van der Waals surface area contributed by atoms with E-state index in [-0.39, 0.29) is 18.1 Å². The van der Waals surface area contributed by atoms with Crippen molar-refractivity contribution in [3.05, 3.63) is 54.1 Å². The second-order valence-corrected chi connectivity index (χ2v) is 5.85. The molecule has 0 aromatic heterocycles. The highest BCUT2D eigenvalue weighted by molar-refractivity contribution is 5.97. The molecule has 2 aromatic rings. The highest BCUT2D eigenvalue weighted by Gasteiger charge is 2.15. The Labute approximate surface area is 162 Å². The molecule has 8 heteroatoms. The highest BCUT2D eigenvalue weighted by atomic mass is 16.5. The number of carbonyl (C=O) groups excluding carboxylic acids is 2. The van der Waals surface area contributed by atoms with Crippen molar-refractivity contribution in [2.24, 2.45) is 0 Å². The van der Waals surface area contributed by atoms with Gasteiger partial charge in [0.1, 0.15) is 17.5 Å². The maximum absolute atomic E-state index is 12.0. The summed E-state index contributed by atoms with van der Waals surface area (Å²) in [5, 5.41) is 13.8. The van der Waals surface area contributed by atoms with Crippen LogP contribution in [0.1, 0.15) is 24.2 Å². The first-order chi connectivity index (χ1) is 13.4. The van der Waals surface area contributed by atoms with E-state index in [0.29, 0.717) is 18.0 Å². The Morgan fingerprint density at radius 3 is 2.07 bits per heavy atom. The van der Waals surface area contributed by atoms with Gasteiger partial charge >= 0.3 is 5.97 Å². The van der Waals surface area contributed by atoms with Gasteiger partial charge < -0.3 is 25.2 Å². The number of carboxylic acid groups (broad SMARTS) is 1. The van der Waals surface area contributed by atoms with Crippen molar-refractivity contribution in [2.45, 2.75) is 19.9 Å². The topological polar surface area (TPSA) is 114 Å². The number of ether oxygens (including phenoxy) is 2. The van der Waals surface area contributed by atoms with Gasteiger partial charge in [0.15, 0.2) is 6.61 Å². The molecule has 0 saturated heterocycles. The number of amides is 2. The molecule has 0 radical (unpaired) electrons. The smallest absolute Gasteiger partial charge is 0.325 e. The van der Waals surface area contributed by atoms with Gasteiger partial charge in [0.25, 0.3) is 11.8 Å². The van der Waals surface area contributed by atoms with Crippen LogP contribution in [0.3, 0.4) is 0 Å². The van der Waals surface area contributed by atoms with Crippen LogP contribution in [-0.4, -0.2) is 42.1 Å². The molecule has 1 atom stereocenters. The van der Waals surface area contributed by atoms with E-state index in [1.165, 1.54) is 19.1 Å². The third-order valence-electron chi connectivity index (χ3n) is 3.65. The van der Waals surface area contributed by atoms with Crippen molar-refractivity contribution >= 4 is 23.5 Å². The van der Waals surface area contributed by atoms with Gasteiger partial charge in [-0.05, 0) is 62.4 Å². The van der Waals surface area contributed by atoms with E-state index < -0.39 is 17.9 Å². The third-order valence-corrected chi connectivity index (χ3v) is 3.65. The minimum Gasteiger partial charge on any atom is -0.494 e. The number of aliphatic carboxylic acids is 1. The molecule has 0 saturated carbocycles. The normalized spacial score (nSPS) is 11.2. The van der Waals surface area contributed by atoms with Crippen molar-refractivity contribution < 1.29 is 29.0 Å². The second kappa shape index (κ2) is 9.96. The molecule has 0 aliphatic heterocycles. The number of rotatable bonds is 9. The summed E-state index contributed by atoms with van der Waals surface area (Å²) in [5.74, 6) is -0.721. The average molecular weight is 386 g/mol. The number of anilines is 1. The number of benzene rings is 2. The van der Waals surface area contributed by atoms with Gasteiger partial charge in [-0.25, -0.2) is 0 Å². The molecule has 0 spiro atoms. The largest absolute Gasteiger partial charge is 0.494 e. The lowest BCUT2D eigenvalue weighted by Crippen LogP contribution is -2.38. The fraction of sp³-hybridized carbons (Fsp3) is 0.250. The van der Waals surface area contributed by atoms with E-state index in [0.717, 1.165) is 5.75 Å². The SMILES string of the molecule is CCOc1ccc(OCC(=O)Nc2ccc(C(=O)NC(C)C(=O)O)cc2)cc1. The predicted molar refractivity (Wildman–Crippen MR) is 103 cm³/mol. The minimum atomic E-state index is -1.12. The molecule has 2 amide bonds. The Kier molecular flexibility index (Phi) is 7.38. The fourth-order valence-electron chi connectivity index (χ4n) is 2.19. The summed E-state index contributed by atoms with van der Waals surface area (Å²) in [6, 6.07) is 12.0. The van der Waals surface area contributed by atoms with Crippen molar-refractivity contribution in [1.29, 1.82) is 0 Å². The van der Waals surface area contributed by atoms with Gasteiger partial charge in [0.05, 0.1) is 6.61 Å². The molecule has 0 fully saturated rings. The van der Waals surface area contributed by atoms with Crippen LogP contribution < -0.4 is 20.1 Å². The van der Waals surface area contributed by atoms with Gasteiger partial charge in [-0.15, -0.1) is 0 Å². The summed E-state index contributed by atoms with van der Waals surface area (Å²) in [6.07, 6.45) is 0. The Bertz CT molecular complexity index is 818. The molecular formula is C20H22N2O6. The van der Waals surface area contributed by atoms with Crippen LogP contribution in [0, 0.1) is 0 Å². The van der Waals surface area contributed by atoms with Crippen molar-refractivity contribution in [3.63, 3.8) is 0 Å².